The van der Waals surface area contributed by atoms with Crippen molar-refractivity contribution >= 4 is 63.2 Å². The Labute approximate surface area is 239 Å². The minimum absolute atomic E-state index is 0.173. The molecule has 2 amide bonds. The maximum absolute atomic E-state index is 13.0. The molecule has 1 fully saturated rings. The molecule has 0 aromatic heterocycles. The number of rotatable bonds is 10. The predicted octanol–water partition coefficient (Wildman–Crippen LogP) is 7.35. The molecule has 0 saturated carbocycles. The Morgan fingerprint density at radius 1 is 1.03 bits per heavy atom. The number of carbonyl (C=O) groups excluding carboxylic acids is 2. The lowest BCUT2D eigenvalue weighted by Gasteiger charge is -2.15. The Kier molecular flexibility index (Phi) is 9.39. The fourth-order valence-electron chi connectivity index (χ4n) is 3.57. The van der Waals surface area contributed by atoms with Crippen LogP contribution < -0.4 is 14.2 Å². The van der Waals surface area contributed by atoms with Crippen LogP contribution in [-0.4, -0.2) is 35.8 Å². The average Bonchev–Trinajstić information content (AvgIpc) is 3.13. The second kappa shape index (κ2) is 12.7. The minimum atomic E-state index is -0.338. The minimum Gasteiger partial charge on any atom is -0.492 e. The molecule has 37 heavy (non-hydrogen) atoms. The van der Waals surface area contributed by atoms with Gasteiger partial charge in [0.1, 0.15) is 19.0 Å². The monoisotopic (exact) mass is 649 g/mol. The first-order valence-electron chi connectivity index (χ1n) is 11.6. The highest BCUT2D eigenvalue weighted by Crippen LogP contribution is 2.38. The molecule has 0 aliphatic carbocycles. The number of amides is 2. The van der Waals surface area contributed by atoms with Crippen molar-refractivity contribution in [2.24, 2.45) is 0 Å². The molecule has 0 radical (unpaired) electrons. The zero-order chi connectivity index (χ0) is 26.4. The smallest absolute Gasteiger partial charge is 0.293 e. The molecule has 0 atom stereocenters. The average molecular weight is 650 g/mol. The molecule has 0 N–H and O–H groups in total. The highest BCUT2D eigenvalue weighted by molar-refractivity contribution is 14.1. The second-order valence-electron chi connectivity index (χ2n) is 8.14. The molecule has 3 aromatic carbocycles. The van der Waals surface area contributed by atoms with Crippen LogP contribution in [-0.2, 0) is 11.4 Å². The van der Waals surface area contributed by atoms with E-state index in [0.717, 1.165) is 32.0 Å². The Morgan fingerprint density at radius 2 is 1.78 bits per heavy atom. The standard InChI is InChI=1S/C28H25ClINO5S/c1-3-34-24-15-19(14-23(30)26(24)36-17-20-6-4-5-7-22(20)29)16-25-27(32)31(28(33)37-25)12-13-35-21-10-8-18(2)9-11-21/h4-11,14-16H,3,12-13,17H2,1-2H3/b25-16-. The summed E-state index contributed by atoms with van der Waals surface area (Å²) in [6, 6.07) is 18.8. The van der Waals surface area contributed by atoms with Gasteiger partial charge in [-0.2, -0.15) is 0 Å². The summed E-state index contributed by atoms with van der Waals surface area (Å²) in [7, 11) is 0. The summed E-state index contributed by atoms with van der Waals surface area (Å²) in [5.41, 5.74) is 2.73. The molecule has 1 heterocycles. The van der Waals surface area contributed by atoms with Gasteiger partial charge in [-0.1, -0.05) is 47.5 Å². The van der Waals surface area contributed by atoms with Crippen LogP contribution in [0.15, 0.2) is 65.6 Å². The Hall–Kier alpha value is -2.69. The van der Waals surface area contributed by atoms with Gasteiger partial charge >= 0.3 is 0 Å². The summed E-state index contributed by atoms with van der Waals surface area (Å²) < 4.78 is 18.4. The highest BCUT2D eigenvalue weighted by atomic mass is 127. The van der Waals surface area contributed by atoms with Gasteiger partial charge < -0.3 is 14.2 Å². The van der Waals surface area contributed by atoms with E-state index in [2.05, 4.69) is 22.6 Å². The van der Waals surface area contributed by atoms with E-state index < -0.39 is 0 Å². The van der Waals surface area contributed by atoms with Crippen LogP contribution >= 0.6 is 46.0 Å². The van der Waals surface area contributed by atoms with Crippen molar-refractivity contribution in [2.75, 3.05) is 19.8 Å². The van der Waals surface area contributed by atoms with Gasteiger partial charge in [-0.15, -0.1) is 0 Å². The lowest BCUT2D eigenvalue weighted by molar-refractivity contribution is -0.123. The van der Waals surface area contributed by atoms with E-state index in [4.69, 9.17) is 25.8 Å². The van der Waals surface area contributed by atoms with Crippen molar-refractivity contribution in [1.82, 2.24) is 4.90 Å². The number of hydrogen-bond acceptors (Lipinski definition) is 6. The third-order valence-corrected chi connectivity index (χ3v) is 7.51. The predicted molar refractivity (Wildman–Crippen MR) is 155 cm³/mol. The number of carbonyl (C=O) groups is 2. The van der Waals surface area contributed by atoms with Crippen LogP contribution in [0.2, 0.25) is 5.02 Å². The molecule has 0 spiro atoms. The number of hydrogen-bond donors (Lipinski definition) is 0. The number of nitrogens with zero attached hydrogens (tertiary/aromatic N) is 1. The van der Waals surface area contributed by atoms with E-state index >= 15 is 0 Å². The first kappa shape index (κ1) is 27.3. The van der Waals surface area contributed by atoms with Crippen LogP contribution in [0.25, 0.3) is 6.08 Å². The molecule has 1 aliphatic rings. The van der Waals surface area contributed by atoms with Crippen LogP contribution in [0.4, 0.5) is 4.79 Å². The summed E-state index contributed by atoms with van der Waals surface area (Å²) in [5.74, 6) is 1.51. The van der Waals surface area contributed by atoms with E-state index in [1.807, 2.05) is 74.5 Å². The van der Waals surface area contributed by atoms with E-state index in [9.17, 15) is 9.59 Å². The van der Waals surface area contributed by atoms with Gasteiger partial charge in [0, 0.05) is 10.6 Å². The maximum Gasteiger partial charge on any atom is 0.293 e. The van der Waals surface area contributed by atoms with Gasteiger partial charge in [-0.3, -0.25) is 14.5 Å². The van der Waals surface area contributed by atoms with Crippen molar-refractivity contribution in [1.29, 1.82) is 0 Å². The van der Waals surface area contributed by atoms with E-state index in [1.165, 1.54) is 4.90 Å². The zero-order valence-corrected chi connectivity index (χ0v) is 24.1. The van der Waals surface area contributed by atoms with Gasteiger partial charge in [0.2, 0.25) is 0 Å². The molecule has 4 rings (SSSR count). The number of halogens is 2. The third kappa shape index (κ3) is 7.00. The lowest BCUT2D eigenvalue weighted by Crippen LogP contribution is -2.32. The Morgan fingerprint density at radius 3 is 2.51 bits per heavy atom. The molecule has 6 nitrogen and oxygen atoms in total. The van der Waals surface area contributed by atoms with Gasteiger partial charge in [0.25, 0.3) is 11.1 Å². The summed E-state index contributed by atoms with van der Waals surface area (Å²) in [6.45, 7) is 5.01. The van der Waals surface area contributed by atoms with Crippen molar-refractivity contribution < 1.29 is 23.8 Å². The molecule has 3 aromatic rings. The molecular formula is C28H25ClINO5S. The van der Waals surface area contributed by atoms with Crippen molar-refractivity contribution in [3.8, 4) is 17.2 Å². The van der Waals surface area contributed by atoms with Gasteiger partial charge in [-0.05, 0) is 90.2 Å². The first-order valence-corrected chi connectivity index (χ1v) is 13.9. The summed E-state index contributed by atoms with van der Waals surface area (Å²) in [4.78, 5) is 27.0. The van der Waals surface area contributed by atoms with Crippen molar-refractivity contribution in [3.63, 3.8) is 0 Å². The van der Waals surface area contributed by atoms with Crippen molar-refractivity contribution in [2.45, 2.75) is 20.5 Å². The molecule has 1 saturated heterocycles. The fourth-order valence-corrected chi connectivity index (χ4v) is 5.41. The van der Waals surface area contributed by atoms with E-state index in [-0.39, 0.29) is 24.3 Å². The van der Waals surface area contributed by atoms with Crippen LogP contribution in [0.5, 0.6) is 17.2 Å². The molecule has 192 valence electrons. The molecule has 0 unspecified atom stereocenters. The lowest BCUT2D eigenvalue weighted by atomic mass is 10.1. The largest absolute Gasteiger partial charge is 0.492 e. The summed E-state index contributed by atoms with van der Waals surface area (Å²) >= 11 is 9.36. The van der Waals surface area contributed by atoms with Gasteiger partial charge in [0.15, 0.2) is 11.5 Å². The fraction of sp³-hybridized carbons (Fsp3) is 0.214. The molecular weight excluding hydrogens is 625 g/mol. The second-order valence-corrected chi connectivity index (χ2v) is 10.7. The topological polar surface area (TPSA) is 65.1 Å². The van der Waals surface area contributed by atoms with Crippen LogP contribution in [0.3, 0.4) is 0 Å². The van der Waals surface area contributed by atoms with Crippen molar-refractivity contribution in [3.05, 3.63) is 90.9 Å². The molecule has 0 bridgehead atoms. The normalized spacial score (nSPS) is 14.4. The van der Waals surface area contributed by atoms with Gasteiger partial charge in [0.05, 0.1) is 21.6 Å². The number of aryl methyl sites for hydroxylation is 1. The maximum atomic E-state index is 13.0. The van der Waals surface area contributed by atoms with E-state index in [1.54, 1.807) is 6.08 Å². The van der Waals surface area contributed by atoms with Crippen LogP contribution in [0.1, 0.15) is 23.6 Å². The SMILES string of the molecule is CCOc1cc(/C=C2\SC(=O)N(CCOc3ccc(C)cc3)C2=O)cc(I)c1OCc1ccccc1Cl. The third-order valence-electron chi connectivity index (χ3n) is 5.44. The zero-order valence-electron chi connectivity index (χ0n) is 20.3. The quantitative estimate of drug-likeness (QED) is 0.169. The number of benzene rings is 3. The Balaban J connectivity index is 1.46. The highest BCUT2D eigenvalue weighted by Gasteiger charge is 2.35. The Bertz CT molecular complexity index is 1330. The van der Waals surface area contributed by atoms with Crippen LogP contribution in [0, 0.1) is 10.5 Å². The van der Waals surface area contributed by atoms with E-state index in [0.29, 0.717) is 40.4 Å². The number of imide groups is 1. The molecule has 1 aliphatic heterocycles. The number of thioether (sulfide) groups is 1. The summed E-state index contributed by atoms with van der Waals surface area (Å²) in [5, 5.41) is 0.315. The molecule has 9 heteroatoms. The van der Waals surface area contributed by atoms with Gasteiger partial charge in [-0.25, -0.2) is 0 Å². The summed E-state index contributed by atoms with van der Waals surface area (Å²) in [6.07, 6.45) is 1.70. The number of ether oxygens (including phenoxy) is 3. The first-order chi connectivity index (χ1) is 17.9.